The maximum atomic E-state index is 5.57. The molecule has 1 aliphatic heterocycles. The third-order valence-electron chi connectivity index (χ3n) is 3.96. The van der Waals surface area contributed by atoms with Crippen LogP contribution in [0.2, 0.25) is 0 Å². The topological polar surface area (TPSA) is 33.7 Å². The van der Waals surface area contributed by atoms with Gasteiger partial charge in [-0.1, -0.05) is 30.3 Å². The molecule has 4 heteroatoms. The van der Waals surface area contributed by atoms with Crippen LogP contribution in [0.1, 0.15) is 24.9 Å². The molecule has 21 heavy (non-hydrogen) atoms. The van der Waals surface area contributed by atoms with Crippen LogP contribution in [0, 0.1) is 0 Å². The molecule has 4 nitrogen and oxygen atoms in total. The molecule has 1 aliphatic rings. The first-order chi connectivity index (χ1) is 10.3. The maximum Gasteiger partial charge on any atom is 0.0700 e. The van der Waals surface area contributed by atoms with Gasteiger partial charge in [-0.15, -0.1) is 0 Å². The first-order valence-electron chi connectivity index (χ1n) is 7.90. The molecule has 2 unspecified atom stereocenters. The first kappa shape index (κ1) is 16.4. The number of nitrogens with one attached hydrogen (secondary N) is 1. The molecule has 2 rings (SSSR count). The van der Waals surface area contributed by atoms with Crippen molar-refractivity contribution in [2.75, 3.05) is 46.6 Å². The molecular formula is C17H28N2O2. The molecule has 1 aromatic carbocycles. The van der Waals surface area contributed by atoms with Crippen LogP contribution in [0.3, 0.4) is 0 Å². The Morgan fingerprint density at radius 2 is 2.00 bits per heavy atom. The van der Waals surface area contributed by atoms with Crippen molar-refractivity contribution in [1.29, 1.82) is 0 Å². The van der Waals surface area contributed by atoms with Gasteiger partial charge >= 0.3 is 0 Å². The minimum absolute atomic E-state index is 0.473. The second-order valence-electron chi connectivity index (χ2n) is 5.69. The molecule has 1 N–H and O–H groups in total. The van der Waals surface area contributed by atoms with Crippen molar-refractivity contribution in [3.63, 3.8) is 0 Å². The molecule has 0 aromatic heterocycles. The van der Waals surface area contributed by atoms with E-state index < -0.39 is 0 Å². The zero-order chi connectivity index (χ0) is 14.9. The van der Waals surface area contributed by atoms with Crippen molar-refractivity contribution in [1.82, 2.24) is 10.2 Å². The first-order valence-corrected chi connectivity index (χ1v) is 7.90. The van der Waals surface area contributed by atoms with E-state index in [0.717, 1.165) is 32.7 Å². The van der Waals surface area contributed by atoms with E-state index in [-0.39, 0.29) is 0 Å². The van der Waals surface area contributed by atoms with Crippen LogP contribution in [0.25, 0.3) is 0 Å². The van der Waals surface area contributed by atoms with Crippen LogP contribution in [0.15, 0.2) is 30.3 Å². The summed E-state index contributed by atoms with van der Waals surface area (Å²) in [5, 5.41) is 3.59. The lowest BCUT2D eigenvalue weighted by Gasteiger charge is -2.39. The van der Waals surface area contributed by atoms with E-state index in [4.69, 9.17) is 9.47 Å². The van der Waals surface area contributed by atoms with Gasteiger partial charge in [-0.05, 0) is 18.9 Å². The monoisotopic (exact) mass is 292 g/mol. The molecule has 1 aromatic rings. The van der Waals surface area contributed by atoms with Gasteiger partial charge in [0.25, 0.3) is 0 Å². The van der Waals surface area contributed by atoms with Gasteiger partial charge in [-0.3, -0.25) is 4.90 Å². The fourth-order valence-corrected chi connectivity index (χ4v) is 2.85. The second kappa shape index (κ2) is 9.15. The number of piperazine rings is 1. The molecule has 0 spiro atoms. The van der Waals surface area contributed by atoms with Crippen molar-refractivity contribution in [2.24, 2.45) is 0 Å². The molecular weight excluding hydrogens is 264 g/mol. The van der Waals surface area contributed by atoms with Crippen molar-refractivity contribution in [3.05, 3.63) is 35.9 Å². The summed E-state index contributed by atoms with van der Waals surface area (Å²) in [7, 11) is 1.70. The highest BCUT2D eigenvalue weighted by molar-refractivity contribution is 5.20. The molecule has 118 valence electrons. The summed E-state index contributed by atoms with van der Waals surface area (Å²) in [5.74, 6) is 0. The summed E-state index contributed by atoms with van der Waals surface area (Å²) >= 11 is 0. The molecule has 0 saturated carbocycles. The van der Waals surface area contributed by atoms with Gasteiger partial charge in [0.1, 0.15) is 0 Å². The van der Waals surface area contributed by atoms with Crippen molar-refractivity contribution >= 4 is 0 Å². The third-order valence-corrected chi connectivity index (χ3v) is 3.96. The molecule has 1 fully saturated rings. The van der Waals surface area contributed by atoms with Crippen LogP contribution in [0.5, 0.6) is 0 Å². The number of hydrogen-bond donors (Lipinski definition) is 1. The second-order valence-corrected chi connectivity index (χ2v) is 5.69. The Morgan fingerprint density at radius 1 is 1.19 bits per heavy atom. The van der Waals surface area contributed by atoms with Gasteiger partial charge < -0.3 is 14.8 Å². The summed E-state index contributed by atoms with van der Waals surface area (Å²) in [6.07, 6.45) is 1.07. The van der Waals surface area contributed by atoms with Gasteiger partial charge in [-0.2, -0.15) is 0 Å². The number of hydrogen-bond acceptors (Lipinski definition) is 4. The predicted octanol–water partition coefficient (Wildman–Crippen LogP) is 2.07. The number of nitrogens with zero attached hydrogens (tertiary/aromatic N) is 1. The summed E-state index contributed by atoms with van der Waals surface area (Å²) in [6.45, 7) is 7.63. The fraction of sp³-hybridized carbons (Fsp3) is 0.647. The SMILES string of the molecule is COCCOCCCN1CC(C)NCC1c1ccccc1. The van der Waals surface area contributed by atoms with Gasteiger partial charge in [0.2, 0.25) is 0 Å². The predicted molar refractivity (Wildman–Crippen MR) is 85.5 cm³/mol. The Labute approximate surface area is 128 Å². The smallest absolute Gasteiger partial charge is 0.0700 e. The number of ether oxygens (including phenoxy) is 2. The molecule has 0 amide bonds. The molecule has 1 heterocycles. The molecule has 0 radical (unpaired) electrons. The number of rotatable bonds is 8. The average molecular weight is 292 g/mol. The van der Waals surface area contributed by atoms with Crippen molar-refractivity contribution < 1.29 is 9.47 Å². The van der Waals surface area contributed by atoms with Crippen molar-refractivity contribution in [3.8, 4) is 0 Å². The Hall–Kier alpha value is -0.940. The zero-order valence-electron chi connectivity index (χ0n) is 13.3. The van der Waals surface area contributed by atoms with Crippen LogP contribution < -0.4 is 5.32 Å². The van der Waals surface area contributed by atoms with Gasteiger partial charge in [0, 0.05) is 45.4 Å². The summed E-state index contributed by atoms with van der Waals surface area (Å²) in [6, 6.07) is 11.8. The quantitative estimate of drug-likeness (QED) is 0.744. The largest absolute Gasteiger partial charge is 0.382 e. The highest BCUT2D eigenvalue weighted by Gasteiger charge is 2.26. The molecule has 0 aliphatic carbocycles. The molecule has 0 bridgehead atoms. The van der Waals surface area contributed by atoms with Crippen LogP contribution in [-0.2, 0) is 9.47 Å². The van der Waals surface area contributed by atoms with E-state index in [1.807, 2.05) is 0 Å². The number of benzene rings is 1. The molecule has 1 saturated heterocycles. The Balaban J connectivity index is 1.81. The van der Waals surface area contributed by atoms with E-state index in [2.05, 4.69) is 47.5 Å². The Kier molecular flexibility index (Phi) is 7.16. The lowest BCUT2D eigenvalue weighted by atomic mass is 10.0. The minimum atomic E-state index is 0.473. The van der Waals surface area contributed by atoms with Gasteiger partial charge in [0.15, 0.2) is 0 Å². The lowest BCUT2D eigenvalue weighted by molar-refractivity contribution is 0.0582. The summed E-state index contributed by atoms with van der Waals surface area (Å²) < 4.78 is 10.5. The Morgan fingerprint density at radius 3 is 2.76 bits per heavy atom. The fourth-order valence-electron chi connectivity index (χ4n) is 2.85. The lowest BCUT2D eigenvalue weighted by Crippen LogP contribution is -2.51. The minimum Gasteiger partial charge on any atom is -0.382 e. The van der Waals surface area contributed by atoms with E-state index in [9.17, 15) is 0 Å². The van der Waals surface area contributed by atoms with Crippen molar-refractivity contribution in [2.45, 2.75) is 25.4 Å². The average Bonchev–Trinajstić information content (AvgIpc) is 2.52. The summed E-state index contributed by atoms with van der Waals surface area (Å²) in [4.78, 5) is 2.58. The van der Waals surface area contributed by atoms with E-state index >= 15 is 0 Å². The normalized spacial score (nSPS) is 23.3. The highest BCUT2D eigenvalue weighted by Crippen LogP contribution is 2.23. The Bertz CT molecular complexity index is 386. The third kappa shape index (κ3) is 5.40. The zero-order valence-corrected chi connectivity index (χ0v) is 13.3. The molecule has 2 atom stereocenters. The summed E-state index contributed by atoms with van der Waals surface area (Å²) in [5.41, 5.74) is 1.40. The van der Waals surface area contributed by atoms with Crippen LogP contribution in [0.4, 0.5) is 0 Å². The van der Waals surface area contributed by atoms with E-state index in [1.54, 1.807) is 7.11 Å². The van der Waals surface area contributed by atoms with E-state index in [0.29, 0.717) is 25.3 Å². The standard InChI is InChI=1S/C17H28N2O2/c1-15-14-19(9-6-10-21-12-11-20-2)17(13-18-15)16-7-4-3-5-8-16/h3-5,7-8,15,17-18H,6,9-14H2,1-2H3. The highest BCUT2D eigenvalue weighted by atomic mass is 16.5. The van der Waals surface area contributed by atoms with Gasteiger partial charge in [-0.25, -0.2) is 0 Å². The van der Waals surface area contributed by atoms with Crippen LogP contribution in [-0.4, -0.2) is 57.5 Å². The van der Waals surface area contributed by atoms with E-state index in [1.165, 1.54) is 5.56 Å². The number of methoxy groups -OCH3 is 1. The van der Waals surface area contributed by atoms with Gasteiger partial charge in [0.05, 0.1) is 13.2 Å². The van der Waals surface area contributed by atoms with Crippen LogP contribution >= 0.6 is 0 Å². The maximum absolute atomic E-state index is 5.57.